The highest BCUT2D eigenvalue weighted by molar-refractivity contribution is 14.0. The maximum Gasteiger partial charge on any atom is 0.222 e. The van der Waals surface area contributed by atoms with Crippen LogP contribution in [0.15, 0.2) is 29.3 Å². The Hall–Kier alpha value is -1.84. The fraction of sp³-hybridized carbons (Fsp3) is 0.591. The molecule has 2 amide bonds. The molecule has 2 heterocycles. The number of amides is 2. The Bertz CT molecular complexity index is 755. The number of hydrogen-bond acceptors (Lipinski definition) is 3. The summed E-state index contributed by atoms with van der Waals surface area (Å²) >= 11 is 0. The van der Waals surface area contributed by atoms with Gasteiger partial charge < -0.3 is 20.4 Å². The van der Waals surface area contributed by atoms with Crippen molar-refractivity contribution in [1.82, 2.24) is 20.4 Å². The summed E-state index contributed by atoms with van der Waals surface area (Å²) in [5, 5.41) is 6.68. The average Bonchev–Trinajstić information content (AvgIpc) is 2.73. The maximum atomic E-state index is 12.6. The van der Waals surface area contributed by atoms with Crippen LogP contribution in [0.25, 0.3) is 0 Å². The number of benzene rings is 1. The number of piperidine rings is 1. The summed E-state index contributed by atoms with van der Waals surface area (Å²) in [5.74, 6) is 1.17. The van der Waals surface area contributed by atoms with Crippen LogP contribution >= 0.6 is 24.0 Å². The molecule has 2 N–H and O–H groups in total. The topological polar surface area (TPSA) is 77.0 Å². The fourth-order valence-corrected chi connectivity index (χ4v) is 3.93. The number of aliphatic imine (C=N–C) groups is 1. The maximum absolute atomic E-state index is 12.6. The molecule has 1 aromatic carbocycles. The molecule has 0 spiro atoms. The lowest BCUT2D eigenvalue weighted by molar-refractivity contribution is -0.133. The highest BCUT2D eigenvalue weighted by Crippen LogP contribution is 2.19. The molecule has 1 aromatic rings. The van der Waals surface area contributed by atoms with Crippen molar-refractivity contribution in [3.8, 4) is 0 Å². The van der Waals surface area contributed by atoms with Gasteiger partial charge >= 0.3 is 0 Å². The third-order valence-electron chi connectivity index (χ3n) is 5.61. The zero-order chi connectivity index (χ0) is 20.6. The predicted octanol–water partition coefficient (Wildman–Crippen LogP) is 2.15. The molecule has 1 saturated heterocycles. The quantitative estimate of drug-likeness (QED) is 0.257. The second-order valence-corrected chi connectivity index (χ2v) is 7.85. The van der Waals surface area contributed by atoms with E-state index in [1.807, 2.05) is 24.9 Å². The minimum atomic E-state index is 0. The highest BCUT2D eigenvalue weighted by atomic mass is 127. The van der Waals surface area contributed by atoms with E-state index in [1.165, 1.54) is 11.1 Å². The fourth-order valence-electron chi connectivity index (χ4n) is 3.93. The summed E-state index contributed by atoms with van der Waals surface area (Å²) < 4.78 is 0. The van der Waals surface area contributed by atoms with Gasteiger partial charge in [0.15, 0.2) is 5.96 Å². The number of hydrogen-bond donors (Lipinski definition) is 2. The summed E-state index contributed by atoms with van der Waals surface area (Å²) in [5.41, 5.74) is 2.62. The lowest BCUT2D eigenvalue weighted by Crippen LogP contribution is -2.51. The second-order valence-electron chi connectivity index (χ2n) is 7.85. The van der Waals surface area contributed by atoms with Gasteiger partial charge in [-0.3, -0.25) is 14.6 Å². The molecule has 0 bridgehead atoms. The Labute approximate surface area is 196 Å². The van der Waals surface area contributed by atoms with Crippen molar-refractivity contribution in [2.45, 2.75) is 51.6 Å². The molecule has 2 aliphatic heterocycles. The van der Waals surface area contributed by atoms with E-state index < -0.39 is 0 Å². The molecule has 0 aliphatic carbocycles. The monoisotopic (exact) mass is 527 g/mol. The lowest BCUT2D eigenvalue weighted by Gasteiger charge is -2.31. The average molecular weight is 527 g/mol. The SMILES string of the molecule is CCNC(=NCCCC(=O)N1CCc2ccccc2C1)NC1CCC(=O)N(C)C1.I. The van der Waals surface area contributed by atoms with Gasteiger partial charge in [0.1, 0.15) is 0 Å². The van der Waals surface area contributed by atoms with Crippen LogP contribution in [0.2, 0.25) is 0 Å². The van der Waals surface area contributed by atoms with E-state index in [4.69, 9.17) is 0 Å². The Morgan fingerprint density at radius 1 is 1.23 bits per heavy atom. The molecule has 1 unspecified atom stereocenters. The Morgan fingerprint density at radius 3 is 2.73 bits per heavy atom. The number of nitrogens with one attached hydrogen (secondary N) is 2. The normalized spacial score (nSPS) is 19.1. The Kier molecular flexibility index (Phi) is 9.87. The molecule has 0 aromatic heterocycles. The van der Waals surface area contributed by atoms with Crippen molar-refractivity contribution in [2.75, 3.05) is 33.2 Å². The summed E-state index contributed by atoms with van der Waals surface area (Å²) in [6.45, 7) is 5.63. The number of carbonyl (C=O) groups excluding carboxylic acids is 2. The number of likely N-dealkylation sites (tertiary alicyclic amines) is 1. The van der Waals surface area contributed by atoms with E-state index in [9.17, 15) is 9.59 Å². The number of fused-ring (bicyclic) bond motifs is 1. The van der Waals surface area contributed by atoms with Crippen LogP contribution in [0.3, 0.4) is 0 Å². The standard InChI is InChI=1S/C22H33N5O2.HI/c1-3-23-22(25-19-10-11-20(28)26(2)16-19)24-13-6-9-21(29)27-14-12-17-7-4-5-8-18(17)15-27;/h4-5,7-8,19H,3,6,9-16H2,1-2H3,(H2,23,24,25);1H. The molecule has 1 atom stereocenters. The van der Waals surface area contributed by atoms with Crippen LogP contribution in [0.4, 0.5) is 0 Å². The first-order chi connectivity index (χ1) is 14.1. The number of likely N-dealkylation sites (N-methyl/N-ethyl adjacent to an activating group) is 1. The second kappa shape index (κ2) is 12.1. The molecule has 30 heavy (non-hydrogen) atoms. The van der Waals surface area contributed by atoms with Gasteiger partial charge in [0.05, 0.1) is 0 Å². The molecule has 3 rings (SSSR count). The van der Waals surface area contributed by atoms with Crippen LogP contribution in [-0.4, -0.2) is 66.8 Å². The van der Waals surface area contributed by atoms with E-state index in [0.717, 1.165) is 44.9 Å². The molecular formula is C22H34IN5O2. The van der Waals surface area contributed by atoms with E-state index in [2.05, 4.69) is 33.8 Å². The van der Waals surface area contributed by atoms with Crippen molar-refractivity contribution < 1.29 is 9.59 Å². The Balaban J connectivity index is 0.00000320. The third-order valence-corrected chi connectivity index (χ3v) is 5.61. The predicted molar refractivity (Wildman–Crippen MR) is 130 cm³/mol. The molecule has 1 fully saturated rings. The minimum absolute atomic E-state index is 0. The van der Waals surface area contributed by atoms with Gasteiger partial charge in [-0.2, -0.15) is 0 Å². The first kappa shape index (κ1) is 24.4. The summed E-state index contributed by atoms with van der Waals surface area (Å²) in [4.78, 5) is 32.6. The third kappa shape index (κ3) is 6.85. The van der Waals surface area contributed by atoms with Crippen LogP contribution in [0, 0.1) is 0 Å². The van der Waals surface area contributed by atoms with Crippen LogP contribution < -0.4 is 10.6 Å². The van der Waals surface area contributed by atoms with E-state index in [1.54, 1.807) is 4.90 Å². The summed E-state index contributed by atoms with van der Waals surface area (Å²) in [7, 11) is 1.84. The van der Waals surface area contributed by atoms with Crippen molar-refractivity contribution in [3.63, 3.8) is 0 Å². The first-order valence-corrected chi connectivity index (χ1v) is 10.7. The zero-order valence-corrected chi connectivity index (χ0v) is 20.4. The number of nitrogens with zero attached hydrogens (tertiary/aromatic N) is 3. The lowest BCUT2D eigenvalue weighted by atomic mass is 9.99. The number of halogens is 1. The molecule has 0 saturated carbocycles. The smallest absolute Gasteiger partial charge is 0.222 e. The van der Waals surface area contributed by atoms with E-state index in [-0.39, 0.29) is 41.8 Å². The van der Waals surface area contributed by atoms with Crippen LogP contribution in [0.5, 0.6) is 0 Å². The van der Waals surface area contributed by atoms with Crippen molar-refractivity contribution >= 4 is 41.8 Å². The molecule has 2 aliphatic rings. The van der Waals surface area contributed by atoms with Gasteiger partial charge in [0, 0.05) is 58.7 Å². The number of guanidine groups is 1. The van der Waals surface area contributed by atoms with Gasteiger partial charge in [-0.1, -0.05) is 24.3 Å². The Morgan fingerprint density at radius 2 is 2.00 bits per heavy atom. The zero-order valence-electron chi connectivity index (χ0n) is 18.0. The van der Waals surface area contributed by atoms with Gasteiger partial charge in [-0.15, -0.1) is 24.0 Å². The van der Waals surface area contributed by atoms with Gasteiger partial charge in [0.2, 0.25) is 11.8 Å². The highest BCUT2D eigenvalue weighted by Gasteiger charge is 2.23. The van der Waals surface area contributed by atoms with Gasteiger partial charge in [0.25, 0.3) is 0 Å². The molecule has 166 valence electrons. The molecule has 0 radical (unpaired) electrons. The minimum Gasteiger partial charge on any atom is -0.357 e. The van der Waals surface area contributed by atoms with E-state index in [0.29, 0.717) is 25.9 Å². The molecule has 7 nitrogen and oxygen atoms in total. The van der Waals surface area contributed by atoms with E-state index >= 15 is 0 Å². The number of carbonyl (C=O) groups is 2. The van der Waals surface area contributed by atoms with Crippen molar-refractivity contribution in [3.05, 3.63) is 35.4 Å². The number of rotatable bonds is 6. The van der Waals surface area contributed by atoms with Crippen LogP contribution in [0.1, 0.15) is 43.7 Å². The largest absolute Gasteiger partial charge is 0.357 e. The first-order valence-electron chi connectivity index (χ1n) is 10.7. The van der Waals surface area contributed by atoms with Crippen LogP contribution in [-0.2, 0) is 22.6 Å². The van der Waals surface area contributed by atoms with Gasteiger partial charge in [-0.25, -0.2) is 0 Å². The summed E-state index contributed by atoms with van der Waals surface area (Å²) in [6, 6.07) is 8.58. The van der Waals surface area contributed by atoms with Crippen molar-refractivity contribution in [1.29, 1.82) is 0 Å². The molecular weight excluding hydrogens is 493 g/mol. The molecule has 8 heteroatoms. The summed E-state index contributed by atoms with van der Waals surface area (Å²) in [6.07, 6.45) is 3.58. The van der Waals surface area contributed by atoms with Crippen molar-refractivity contribution in [2.24, 2.45) is 4.99 Å². The van der Waals surface area contributed by atoms with Gasteiger partial charge in [-0.05, 0) is 37.3 Å².